The summed E-state index contributed by atoms with van der Waals surface area (Å²) in [6.45, 7) is 4.37. The molecule has 2 rings (SSSR count). The first-order valence-corrected chi connectivity index (χ1v) is 6.68. The van der Waals surface area contributed by atoms with Crippen LogP contribution in [0.2, 0.25) is 0 Å². The van der Waals surface area contributed by atoms with Gasteiger partial charge in [0.2, 0.25) is 0 Å². The van der Waals surface area contributed by atoms with E-state index in [-0.39, 0.29) is 5.97 Å². The SMILES string of the molecule is CCCC1(O)CN(Cc2ccc(C(=O)OC)cc2)C1. The van der Waals surface area contributed by atoms with Crippen LogP contribution in [0.1, 0.15) is 35.7 Å². The first-order chi connectivity index (χ1) is 9.06. The van der Waals surface area contributed by atoms with Crippen LogP contribution in [0, 0.1) is 0 Å². The molecule has 1 heterocycles. The van der Waals surface area contributed by atoms with Crippen LogP contribution in [-0.2, 0) is 11.3 Å². The Kier molecular flexibility index (Phi) is 4.22. The predicted molar refractivity (Wildman–Crippen MR) is 72.9 cm³/mol. The summed E-state index contributed by atoms with van der Waals surface area (Å²) in [5.74, 6) is -0.312. The number of rotatable bonds is 5. The smallest absolute Gasteiger partial charge is 0.337 e. The van der Waals surface area contributed by atoms with Gasteiger partial charge >= 0.3 is 5.97 Å². The van der Waals surface area contributed by atoms with Gasteiger partial charge in [-0.25, -0.2) is 4.79 Å². The Morgan fingerprint density at radius 3 is 2.53 bits per heavy atom. The number of hydrogen-bond donors (Lipinski definition) is 1. The molecular weight excluding hydrogens is 242 g/mol. The van der Waals surface area contributed by atoms with Gasteiger partial charge in [0.25, 0.3) is 0 Å². The van der Waals surface area contributed by atoms with Gasteiger partial charge in [-0.3, -0.25) is 4.90 Å². The average molecular weight is 263 g/mol. The number of benzene rings is 1. The monoisotopic (exact) mass is 263 g/mol. The second-order valence-electron chi connectivity index (χ2n) is 5.31. The van der Waals surface area contributed by atoms with E-state index in [4.69, 9.17) is 0 Å². The zero-order chi connectivity index (χ0) is 13.9. The molecule has 19 heavy (non-hydrogen) atoms. The van der Waals surface area contributed by atoms with E-state index in [0.717, 1.165) is 38.0 Å². The Morgan fingerprint density at radius 1 is 1.37 bits per heavy atom. The van der Waals surface area contributed by atoms with Gasteiger partial charge in [0.05, 0.1) is 18.3 Å². The van der Waals surface area contributed by atoms with Crippen LogP contribution in [0.25, 0.3) is 0 Å². The van der Waals surface area contributed by atoms with Crippen LogP contribution >= 0.6 is 0 Å². The highest BCUT2D eigenvalue weighted by molar-refractivity contribution is 5.89. The lowest BCUT2D eigenvalue weighted by Crippen LogP contribution is -2.60. The Morgan fingerprint density at radius 2 is 2.00 bits per heavy atom. The summed E-state index contributed by atoms with van der Waals surface area (Å²) in [6, 6.07) is 7.42. The van der Waals surface area contributed by atoms with Crippen LogP contribution in [-0.4, -0.2) is 41.8 Å². The molecule has 0 bridgehead atoms. The number of hydrogen-bond acceptors (Lipinski definition) is 4. The van der Waals surface area contributed by atoms with E-state index < -0.39 is 5.60 Å². The minimum atomic E-state index is -0.485. The Bertz CT molecular complexity index is 435. The number of nitrogens with zero attached hydrogens (tertiary/aromatic N) is 1. The summed E-state index contributed by atoms with van der Waals surface area (Å²) < 4.78 is 4.66. The van der Waals surface area contributed by atoms with Gasteiger partial charge in [0.15, 0.2) is 0 Å². The number of ether oxygens (including phenoxy) is 1. The molecule has 0 amide bonds. The molecule has 0 aliphatic carbocycles. The van der Waals surface area contributed by atoms with Crippen molar-refractivity contribution in [1.82, 2.24) is 4.90 Å². The van der Waals surface area contributed by atoms with Crippen molar-refractivity contribution < 1.29 is 14.6 Å². The highest BCUT2D eigenvalue weighted by Gasteiger charge is 2.39. The van der Waals surface area contributed by atoms with Crippen LogP contribution < -0.4 is 0 Å². The van der Waals surface area contributed by atoms with E-state index >= 15 is 0 Å². The number of likely N-dealkylation sites (tertiary alicyclic amines) is 1. The van der Waals surface area contributed by atoms with Gasteiger partial charge in [-0.15, -0.1) is 0 Å². The molecule has 0 aromatic heterocycles. The van der Waals surface area contributed by atoms with Crippen molar-refractivity contribution in [1.29, 1.82) is 0 Å². The molecule has 1 aliphatic rings. The molecule has 0 unspecified atom stereocenters. The third-order valence-electron chi connectivity index (χ3n) is 3.53. The zero-order valence-corrected chi connectivity index (χ0v) is 11.6. The van der Waals surface area contributed by atoms with Gasteiger partial charge in [-0.05, 0) is 24.1 Å². The van der Waals surface area contributed by atoms with Gasteiger partial charge in [-0.2, -0.15) is 0 Å². The lowest BCUT2D eigenvalue weighted by molar-refractivity contribution is -0.106. The molecule has 1 saturated heterocycles. The summed E-state index contributed by atoms with van der Waals surface area (Å²) in [5.41, 5.74) is 1.23. The number of methoxy groups -OCH3 is 1. The Labute approximate surface area is 114 Å². The quantitative estimate of drug-likeness (QED) is 0.823. The molecule has 4 heteroatoms. The molecule has 1 aromatic carbocycles. The molecule has 0 saturated carbocycles. The maximum atomic E-state index is 11.3. The number of carbonyl (C=O) groups is 1. The third-order valence-corrected chi connectivity index (χ3v) is 3.53. The van der Waals surface area contributed by atoms with E-state index in [1.54, 1.807) is 12.1 Å². The van der Waals surface area contributed by atoms with Gasteiger partial charge in [0.1, 0.15) is 0 Å². The Balaban J connectivity index is 1.86. The molecule has 1 N–H and O–H groups in total. The zero-order valence-electron chi connectivity index (χ0n) is 11.6. The highest BCUT2D eigenvalue weighted by atomic mass is 16.5. The van der Waals surface area contributed by atoms with E-state index in [1.807, 2.05) is 12.1 Å². The maximum absolute atomic E-state index is 11.3. The summed E-state index contributed by atoms with van der Waals surface area (Å²) >= 11 is 0. The molecule has 4 nitrogen and oxygen atoms in total. The normalized spacial score (nSPS) is 17.8. The number of esters is 1. The van der Waals surface area contributed by atoms with Gasteiger partial charge < -0.3 is 9.84 Å². The number of aliphatic hydroxyl groups is 1. The maximum Gasteiger partial charge on any atom is 0.337 e. The minimum absolute atomic E-state index is 0.312. The van der Waals surface area contributed by atoms with Crippen molar-refractivity contribution in [2.24, 2.45) is 0 Å². The standard InChI is InChI=1S/C15H21NO3/c1-3-8-15(18)10-16(11-15)9-12-4-6-13(7-5-12)14(17)19-2/h4-7,18H,3,8-11H2,1-2H3. The first-order valence-electron chi connectivity index (χ1n) is 6.68. The number of β-amino-alcohol motifs (C(OH)–C–C–N with tert-alkyl or cyclic N) is 1. The van der Waals surface area contributed by atoms with Crippen LogP contribution in [0.3, 0.4) is 0 Å². The molecular formula is C15H21NO3. The summed E-state index contributed by atoms with van der Waals surface area (Å²) in [6.07, 6.45) is 1.88. The lowest BCUT2D eigenvalue weighted by atomic mass is 9.89. The third kappa shape index (κ3) is 3.33. The minimum Gasteiger partial charge on any atom is -0.465 e. The first kappa shape index (κ1) is 14.0. The Hall–Kier alpha value is -1.39. The fraction of sp³-hybridized carbons (Fsp3) is 0.533. The fourth-order valence-corrected chi connectivity index (χ4v) is 2.64. The van der Waals surface area contributed by atoms with Crippen LogP contribution in [0.15, 0.2) is 24.3 Å². The van der Waals surface area contributed by atoms with E-state index in [0.29, 0.717) is 5.56 Å². The van der Waals surface area contributed by atoms with Crippen molar-refractivity contribution in [3.63, 3.8) is 0 Å². The predicted octanol–water partition coefficient (Wildman–Crippen LogP) is 1.82. The summed E-state index contributed by atoms with van der Waals surface area (Å²) in [4.78, 5) is 13.5. The van der Waals surface area contributed by atoms with E-state index in [9.17, 15) is 9.90 Å². The molecule has 104 valence electrons. The van der Waals surface area contributed by atoms with Crippen molar-refractivity contribution in [2.75, 3.05) is 20.2 Å². The fourth-order valence-electron chi connectivity index (χ4n) is 2.64. The second kappa shape index (κ2) is 5.72. The van der Waals surface area contributed by atoms with Crippen LogP contribution in [0.4, 0.5) is 0 Å². The second-order valence-corrected chi connectivity index (χ2v) is 5.31. The molecule has 1 aliphatic heterocycles. The molecule has 0 radical (unpaired) electrons. The largest absolute Gasteiger partial charge is 0.465 e. The van der Waals surface area contributed by atoms with Crippen molar-refractivity contribution >= 4 is 5.97 Å². The average Bonchev–Trinajstić information content (AvgIpc) is 2.37. The molecule has 0 spiro atoms. The number of carbonyl (C=O) groups excluding carboxylic acids is 1. The van der Waals surface area contributed by atoms with Crippen molar-refractivity contribution in [2.45, 2.75) is 31.9 Å². The molecule has 1 aromatic rings. The van der Waals surface area contributed by atoms with E-state index in [2.05, 4.69) is 16.6 Å². The molecule has 1 fully saturated rings. The summed E-state index contributed by atoms with van der Waals surface area (Å²) in [7, 11) is 1.38. The van der Waals surface area contributed by atoms with Crippen molar-refractivity contribution in [3.8, 4) is 0 Å². The van der Waals surface area contributed by atoms with E-state index in [1.165, 1.54) is 7.11 Å². The molecule has 0 atom stereocenters. The van der Waals surface area contributed by atoms with Gasteiger partial charge in [0, 0.05) is 19.6 Å². The van der Waals surface area contributed by atoms with Crippen LogP contribution in [0.5, 0.6) is 0 Å². The summed E-state index contributed by atoms with van der Waals surface area (Å²) in [5, 5.41) is 10.1. The topological polar surface area (TPSA) is 49.8 Å². The van der Waals surface area contributed by atoms with Crippen molar-refractivity contribution in [3.05, 3.63) is 35.4 Å². The van der Waals surface area contributed by atoms with Gasteiger partial charge in [-0.1, -0.05) is 25.5 Å². The highest BCUT2D eigenvalue weighted by Crippen LogP contribution is 2.27. The lowest BCUT2D eigenvalue weighted by Gasteiger charge is -2.46.